The molecule has 9 heteroatoms. The molecular formula is C13H13N5O2S2. The summed E-state index contributed by atoms with van der Waals surface area (Å²) in [7, 11) is -3.63. The van der Waals surface area contributed by atoms with E-state index in [1.54, 1.807) is 35.2 Å². The molecule has 0 fully saturated rings. The number of thiophene rings is 1. The molecule has 0 spiro atoms. The van der Waals surface area contributed by atoms with Crippen LogP contribution in [-0.4, -0.2) is 27.9 Å². The molecule has 0 aliphatic heterocycles. The van der Waals surface area contributed by atoms with Gasteiger partial charge in [-0.25, -0.2) is 23.4 Å². The summed E-state index contributed by atoms with van der Waals surface area (Å²) in [5.41, 5.74) is 0. The van der Waals surface area contributed by atoms with E-state index in [2.05, 4.69) is 19.7 Å². The molecular weight excluding hydrogens is 322 g/mol. The molecule has 3 heterocycles. The van der Waals surface area contributed by atoms with Crippen LogP contribution in [-0.2, 0) is 10.0 Å². The van der Waals surface area contributed by atoms with E-state index in [1.807, 2.05) is 13.8 Å². The van der Waals surface area contributed by atoms with E-state index in [1.165, 1.54) is 17.7 Å². The first-order valence-electron chi connectivity index (χ1n) is 6.37. The minimum atomic E-state index is -3.63. The SMILES string of the molecule is Cc1ccc(S(=O)(=O)Nc2cc(-n3ccnc3C)ncn2)s1. The highest BCUT2D eigenvalue weighted by Crippen LogP contribution is 2.23. The zero-order valence-corrected chi connectivity index (χ0v) is 13.5. The zero-order valence-electron chi connectivity index (χ0n) is 11.9. The minimum absolute atomic E-state index is 0.212. The van der Waals surface area contributed by atoms with Crippen LogP contribution in [0.25, 0.3) is 5.82 Å². The highest BCUT2D eigenvalue weighted by molar-refractivity contribution is 7.94. The van der Waals surface area contributed by atoms with Gasteiger partial charge in [0.2, 0.25) is 0 Å². The first-order chi connectivity index (χ1) is 10.5. The maximum Gasteiger partial charge on any atom is 0.272 e. The second kappa shape index (κ2) is 5.50. The lowest BCUT2D eigenvalue weighted by Gasteiger charge is -2.08. The molecule has 1 N–H and O–H groups in total. The van der Waals surface area contributed by atoms with Gasteiger partial charge in [-0.05, 0) is 26.0 Å². The molecule has 0 saturated heterocycles. The molecule has 114 valence electrons. The van der Waals surface area contributed by atoms with Crippen molar-refractivity contribution in [2.45, 2.75) is 18.1 Å². The lowest BCUT2D eigenvalue weighted by Crippen LogP contribution is -2.13. The van der Waals surface area contributed by atoms with Crippen LogP contribution in [0.1, 0.15) is 10.7 Å². The summed E-state index contributed by atoms with van der Waals surface area (Å²) in [5.74, 6) is 1.51. The van der Waals surface area contributed by atoms with Crippen molar-refractivity contribution in [3.05, 3.63) is 47.6 Å². The Bertz CT molecular complexity index is 914. The lowest BCUT2D eigenvalue weighted by atomic mass is 10.5. The first-order valence-corrected chi connectivity index (χ1v) is 8.67. The summed E-state index contributed by atoms with van der Waals surface area (Å²) in [5, 5.41) is 0. The van der Waals surface area contributed by atoms with Gasteiger partial charge in [0, 0.05) is 23.3 Å². The van der Waals surface area contributed by atoms with Crippen molar-refractivity contribution in [3.63, 3.8) is 0 Å². The molecule has 0 unspecified atom stereocenters. The van der Waals surface area contributed by atoms with Gasteiger partial charge in [0.1, 0.15) is 28.0 Å². The van der Waals surface area contributed by atoms with Gasteiger partial charge in [0.15, 0.2) is 0 Å². The fraction of sp³-hybridized carbons (Fsp3) is 0.154. The maximum absolute atomic E-state index is 12.3. The Morgan fingerprint density at radius 3 is 2.64 bits per heavy atom. The molecule has 0 aromatic carbocycles. The summed E-state index contributed by atoms with van der Waals surface area (Å²) in [6, 6.07) is 4.90. The molecule has 0 aliphatic carbocycles. The average Bonchev–Trinajstić information content (AvgIpc) is 3.07. The van der Waals surface area contributed by atoms with Crippen LogP contribution in [0.2, 0.25) is 0 Å². The van der Waals surface area contributed by atoms with Crippen molar-refractivity contribution < 1.29 is 8.42 Å². The van der Waals surface area contributed by atoms with Crippen LogP contribution in [0.4, 0.5) is 5.82 Å². The number of nitrogens with zero attached hydrogens (tertiary/aromatic N) is 4. The third-order valence-corrected chi connectivity index (χ3v) is 5.79. The molecule has 0 saturated carbocycles. The van der Waals surface area contributed by atoms with E-state index in [-0.39, 0.29) is 10.0 Å². The normalized spacial score (nSPS) is 11.5. The van der Waals surface area contributed by atoms with Gasteiger partial charge in [0.25, 0.3) is 10.0 Å². The summed E-state index contributed by atoms with van der Waals surface area (Å²) < 4.78 is 29.1. The van der Waals surface area contributed by atoms with Gasteiger partial charge in [-0.2, -0.15) is 0 Å². The van der Waals surface area contributed by atoms with E-state index in [0.717, 1.165) is 10.7 Å². The molecule has 3 rings (SSSR count). The van der Waals surface area contributed by atoms with Crippen LogP contribution in [0.3, 0.4) is 0 Å². The fourth-order valence-corrected chi connectivity index (χ4v) is 4.18. The highest BCUT2D eigenvalue weighted by atomic mass is 32.2. The Labute approximate surface area is 131 Å². The van der Waals surface area contributed by atoms with Crippen molar-refractivity contribution in [3.8, 4) is 5.82 Å². The van der Waals surface area contributed by atoms with Gasteiger partial charge < -0.3 is 0 Å². The fourth-order valence-electron chi connectivity index (χ4n) is 1.90. The summed E-state index contributed by atoms with van der Waals surface area (Å²) in [6.07, 6.45) is 4.71. The maximum atomic E-state index is 12.3. The van der Waals surface area contributed by atoms with Gasteiger partial charge >= 0.3 is 0 Å². The second-order valence-electron chi connectivity index (χ2n) is 4.58. The van der Waals surface area contributed by atoms with Crippen molar-refractivity contribution in [1.29, 1.82) is 0 Å². The van der Waals surface area contributed by atoms with Crippen LogP contribution >= 0.6 is 11.3 Å². The lowest BCUT2D eigenvalue weighted by molar-refractivity contribution is 0.603. The number of sulfonamides is 1. The molecule has 7 nitrogen and oxygen atoms in total. The number of rotatable bonds is 4. The number of aryl methyl sites for hydroxylation is 2. The number of nitrogens with one attached hydrogen (secondary N) is 1. The Morgan fingerprint density at radius 2 is 2.00 bits per heavy atom. The number of aromatic nitrogens is 4. The van der Waals surface area contributed by atoms with Crippen molar-refractivity contribution in [2.24, 2.45) is 0 Å². The third-order valence-electron chi connectivity index (χ3n) is 2.94. The molecule has 0 radical (unpaired) electrons. The summed E-state index contributed by atoms with van der Waals surface area (Å²) in [6.45, 7) is 3.69. The van der Waals surface area contributed by atoms with E-state index >= 15 is 0 Å². The van der Waals surface area contributed by atoms with Crippen LogP contribution in [0.15, 0.2) is 41.1 Å². The van der Waals surface area contributed by atoms with Crippen molar-refractivity contribution in [2.75, 3.05) is 4.72 Å². The Kier molecular flexibility index (Phi) is 3.67. The Hall–Kier alpha value is -2.26. The second-order valence-corrected chi connectivity index (χ2v) is 7.77. The number of imidazole rings is 1. The predicted octanol–water partition coefficient (Wildman–Crippen LogP) is 2.14. The summed E-state index contributed by atoms with van der Waals surface area (Å²) >= 11 is 1.21. The highest BCUT2D eigenvalue weighted by Gasteiger charge is 2.17. The predicted molar refractivity (Wildman–Crippen MR) is 83.8 cm³/mol. The van der Waals surface area contributed by atoms with Crippen molar-refractivity contribution in [1.82, 2.24) is 19.5 Å². The standard InChI is InChI=1S/C13H13N5O2S2/c1-9-3-4-13(21-9)22(19,20)17-11-7-12(16-8-15-11)18-6-5-14-10(18)2/h3-8H,1-2H3,(H,15,16,17). The molecule has 0 amide bonds. The molecule has 3 aromatic heterocycles. The average molecular weight is 335 g/mol. The van der Waals surface area contributed by atoms with Gasteiger partial charge in [0.05, 0.1) is 0 Å². The van der Waals surface area contributed by atoms with Crippen LogP contribution in [0, 0.1) is 13.8 Å². The van der Waals surface area contributed by atoms with Gasteiger partial charge in [-0.15, -0.1) is 11.3 Å². The number of hydrogen-bond acceptors (Lipinski definition) is 6. The number of hydrogen-bond donors (Lipinski definition) is 1. The molecule has 0 aliphatic rings. The van der Waals surface area contributed by atoms with Crippen LogP contribution in [0.5, 0.6) is 0 Å². The molecule has 22 heavy (non-hydrogen) atoms. The van der Waals surface area contributed by atoms with Gasteiger partial charge in [-0.1, -0.05) is 0 Å². The zero-order chi connectivity index (χ0) is 15.7. The number of anilines is 1. The minimum Gasteiger partial charge on any atom is -0.288 e. The monoisotopic (exact) mass is 335 g/mol. The Balaban J connectivity index is 1.92. The Morgan fingerprint density at radius 1 is 1.18 bits per heavy atom. The van der Waals surface area contributed by atoms with Crippen LogP contribution < -0.4 is 4.72 Å². The van der Waals surface area contributed by atoms with E-state index in [4.69, 9.17) is 0 Å². The van der Waals surface area contributed by atoms with E-state index < -0.39 is 10.0 Å². The van der Waals surface area contributed by atoms with E-state index in [9.17, 15) is 8.42 Å². The largest absolute Gasteiger partial charge is 0.288 e. The topological polar surface area (TPSA) is 89.8 Å². The van der Waals surface area contributed by atoms with E-state index in [0.29, 0.717) is 5.82 Å². The smallest absolute Gasteiger partial charge is 0.272 e. The van der Waals surface area contributed by atoms with Gasteiger partial charge in [-0.3, -0.25) is 9.29 Å². The van der Waals surface area contributed by atoms with Crippen molar-refractivity contribution >= 4 is 27.2 Å². The molecule has 0 bridgehead atoms. The quantitative estimate of drug-likeness (QED) is 0.789. The molecule has 0 atom stereocenters. The first kappa shape index (κ1) is 14.7. The third kappa shape index (κ3) is 2.85. The summed E-state index contributed by atoms with van der Waals surface area (Å²) in [4.78, 5) is 13.1. The molecule has 3 aromatic rings.